The van der Waals surface area contributed by atoms with Gasteiger partial charge in [0.1, 0.15) is 30.5 Å². The van der Waals surface area contributed by atoms with Gasteiger partial charge in [-0.25, -0.2) is 13.6 Å². The zero-order valence-electron chi connectivity index (χ0n) is 10.8. The van der Waals surface area contributed by atoms with Crippen LogP contribution in [-0.2, 0) is 0 Å². The fraction of sp³-hybridized carbons (Fsp3) is 0.250. The quantitative estimate of drug-likeness (QED) is 0.495. The minimum atomic E-state index is -0.756. The predicted molar refractivity (Wildman–Crippen MR) is 69.8 cm³/mol. The molecule has 0 aliphatic carbocycles. The highest BCUT2D eigenvalue weighted by molar-refractivity contribution is 5.92. The molecule has 0 aliphatic rings. The predicted octanol–water partition coefficient (Wildman–Crippen LogP) is 2.52. The number of amides is 2. The molecule has 2 N–H and O–H groups in total. The third-order valence-electron chi connectivity index (χ3n) is 1.99. The van der Waals surface area contributed by atoms with E-state index in [4.69, 9.17) is 10.3 Å². The summed E-state index contributed by atoms with van der Waals surface area (Å²) < 4.78 is 30.1. The minimum Gasteiger partial charge on any atom is -0.488 e. The van der Waals surface area contributed by atoms with Gasteiger partial charge in [-0.3, -0.25) is 0 Å². The number of rotatable bonds is 5. The minimum absolute atomic E-state index is 0.0548. The molecule has 0 heterocycles. The van der Waals surface area contributed by atoms with Crippen LogP contribution in [0.5, 0.6) is 5.75 Å². The van der Waals surface area contributed by atoms with Crippen molar-refractivity contribution in [2.75, 3.05) is 25.3 Å². The highest BCUT2D eigenvalue weighted by atomic mass is 19.1. The Hall–Kier alpha value is -2.69. The fourth-order valence-electron chi connectivity index (χ4n) is 1.24. The molecule has 0 bridgehead atoms. The summed E-state index contributed by atoms with van der Waals surface area (Å²) in [5.74, 6) is -0.665. The van der Waals surface area contributed by atoms with E-state index in [9.17, 15) is 13.6 Å². The van der Waals surface area contributed by atoms with E-state index < -0.39 is 18.5 Å². The highest BCUT2D eigenvalue weighted by Gasteiger charge is 2.19. The Bertz CT molecular complexity index is 480. The number of carbonyl (C=O) groups is 1. The van der Waals surface area contributed by atoms with Gasteiger partial charge in [0.05, 0.1) is 0 Å². The Morgan fingerprint density at radius 1 is 1.55 bits per heavy atom. The van der Waals surface area contributed by atoms with Gasteiger partial charge in [-0.15, -0.1) is 12.8 Å². The molecule has 0 aromatic heterocycles. The molecule has 0 saturated heterocycles. The molecular weight excluding hydrogens is 270 g/mol. The van der Waals surface area contributed by atoms with E-state index in [0.29, 0.717) is 5.01 Å². The van der Waals surface area contributed by atoms with Crippen molar-refractivity contribution in [1.29, 1.82) is 5.53 Å². The van der Waals surface area contributed by atoms with Crippen molar-refractivity contribution >= 4 is 11.7 Å². The van der Waals surface area contributed by atoms with Gasteiger partial charge in [-0.2, -0.15) is 10.5 Å². The van der Waals surface area contributed by atoms with Crippen molar-refractivity contribution in [3.8, 4) is 18.6 Å². The molecule has 1 aromatic carbocycles. The number of hydrogen-bond acceptors (Lipinski definition) is 4. The number of anilines is 1. The van der Waals surface area contributed by atoms with Gasteiger partial charge in [-0.05, 0) is 12.1 Å². The number of urea groups is 1. The lowest BCUT2D eigenvalue weighted by Gasteiger charge is -2.18. The van der Waals surface area contributed by atoms with Crippen LogP contribution in [0, 0.1) is 24.2 Å². The smallest absolute Gasteiger partial charge is 0.343 e. The van der Waals surface area contributed by atoms with Gasteiger partial charge in [0.2, 0.25) is 0 Å². The molecule has 0 saturated carbocycles. The van der Waals surface area contributed by atoms with Gasteiger partial charge < -0.3 is 10.1 Å². The second-order valence-corrected chi connectivity index (χ2v) is 3.12. The van der Waals surface area contributed by atoms with Crippen molar-refractivity contribution < 1.29 is 18.3 Å². The van der Waals surface area contributed by atoms with Crippen molar-refractivity contribution in [1.82, 2.24) is 5.32 Å². The number of carbonyl (C=O) groups excluding carboxylic acids is 1. The Labute approximate surface area is 115 Å². The number of benzene rings is 1. The molecule has 0 atom stereocenters. The van der Waals surface area contributed by atoms with Crippen molar-refractivity contribution in [3.63, 3.8) is 0 Å². The topological polar surface area (TPSA) is 77.8 Å². The summed E-state index contributed by atoms with van der Waals surface area (Å²) in [6.45, 7) is -1.04. The Balaban J connectivity index is 0.00000172. The molecule has 1 aromatic rings. The first-order chi connectivity index (χ1) is 9.63. The second kappa shape index (κ2) is 9.27. The number of ether oxygens (including phenoxy) is 1. The number of halogens is 2. The van der Waals surface area contributed by atoms with E-state index in [2.05, 4.69) is 23.4 Å². The molecule has 0 fully saturated rings. The number of nitrogens with zero attached hydrogens (tertiary/aromatic N) is 2. The first kappa shape index (κ1) is 17.3. The zero-order valence-corrected chi connectivity index (χ0v) is 10.8. The summed E-state index contributed by atoms with van der Waals surface area (Å²) >= 11 is 0. The van der Waals surface area contributed by atoms with Gasteiger partial charge in [-0.1, -0.05) is 5.22 Å². The third-order valence-corrected chi connectivity index (χ3v) is 1.99. The summed E-state index contributed by atoms with van der Waals surface area (Å²) in [6, 6.07) is 2.60. The Kier molecular flexibility index (Phi) is 8.02. The number of nitrogens with one attached hydrogen (secondary N) is 2. The van der Waals surface area contributed by atoms with Crippen LogP contribution in [0.3, 0.4) is 0 Å². The maximum Gasteiger partial charge on any atom is 0.343 e. The lowest BCUT2D eigenvalue weighted by atomic mass is 10.2. The summed E-state index contributed by atoms with van der Waals surface area (Å²) in [7, 11) is 1.35. The van der Waals surface area contributed by atoms with E-state index in [1.165, 1.54) is 13.1 Å². The average Bonchev–Trinajstić information content (AvgIpc) is 2.49. The van der Waals surface area contributed by atoms with Gasteiger partial charge in [0.25, 0.3) is 0 Å². The monoisotopic (exact) mass is 284 g/mol. The van der Waals surface area contributed by atoms with Crippen LogP contribution in [0.1, 0.15) is 0 Å². The molecule has 20 heavy (non-hydrogen) atoms. The molecule has 0 aliphatic heterocycles. The van der Waals surface area contributed by atoms with E-state index in [0.717, 1.165) is 12.1 Å². The van der Waals surface area contributed by atoms with Crippen LogP contribution < -0.4 is 15.1 Å². The SMILES string of the molecule is C#C.CNC(=O)N(N=N)c1ccc(F)cc1OCCF. The van der Waals surface area contributed by atoms with E-state index in [-0.39, 0.29) is 18.0 Å². The molecule has 1 rings (SSSR count). The number of alkyl halides is 1. The second-order valence-electron chi connectivity index (χ2n) is 3.12. The summed E-state index contributed by atoms with van der Waals surface area (Å²) in [4.78, 5) is 11.4. The van der Waals surface area contributed by atoms with Gasteiger partial charge in [0, 0.05) is 13.1 Å². The van der Waals surface area contributed by atoms with Gasteiger partial charge >= 0.3 is 6.03 Å². The molecule has 6 nitrogen and oxygen atoms in total. The van der Waals surface area contributed by atoms with E-state index in [1.807, 2.05) is 0 Å². The Morgan fingerprint density at radius 3 is 2.70 bits per heavy atom. The van der Waals surface area contributed by atoms with Crippen molar-refractivity contribution in [3.05, 3.63) is 24.0 Å². The lowest BCUT2D eigenvalue weighted by Crippen LogP contribution is -2.34. The normalized spacial score (nSPS) is 8.85. The third kappa shape index (κ3) is 4.53. The van der Waals surface area contributed by atoms with Crippen LogP contribution in [-0.4, -0.2) is 26.4 Å². The zero-order chi connectivity index (χ0) is 15.5. The summed E-state index contributed by atoms with van der Waals surface area (Å²) in [5, 5.41) is 5.94. The van der Waals surface area contributed by atoms with Crippen LogP contribution in [0.15, 0.2) is 23.4 Å². The molecule has 2 amide bonds. The van der Waals surface area contributed by atoms with Crippen LogP contribution >= 0.6 is 0 Å². The Morgan fingerprint density at radius 2 is 2.20 bits per heavy atom. The maximum atomic E-state index is 13.1. The molecule has 108 valence electrons. The number of hydrogen-bond donors (Lipinski definition) is 2. The molecule has 0 spiro atoms. The standard InChI is InChI=1S/C10H12F2N4O2.C2H2/c1-14-10(17)16(15-13)8-3-2-7(12)6-9(8)18-5-4-11;1-2/h2-3,6,13H,4-5H2,1H3,(H,14,17);1-2H. The molecular formula is C12H14F2N4O2. The molecule has 0 unspecified atom stereocenters. The van der Waals surface area contributed by atoms with Crippen molar-refractivity contribution in [2.24, 2.45) is 5.22 Å². The number of terminal acetylenes is 1. The molecule has 8 heteroatoms. The maximum absolute atomic E-state index is 13.1. The largest absolute Gasteiger partial charge is 0.488 e. The van der Waals surface area contributed by atoms with Crippen LogP contribution in [0.25, 0.3) is 0 Å². The fourth-order valence-corrected chi connectivity index (χ4v) is 1.24. The summed E-state index contributed by atoms with van der Waals surface area (Å²) in [5.41, 5.74) is 6.98. The van der Waals surface area contributed by atoms with Crippen molar-refractivity contribution in [2.45, 2.75) is 0 Å². The highest BCUT2D eigenvalue weighted by Crippen LogP contribution is 2.29. The van der Waals surface area contributed by atoms with Crippen LogP contribution in [0.2, 0.25) is 0 Å². The van der Waals surface area contributed by atoms with Gasteiger partial charge in [0.15, 0.2) is 0 Å². The van der Waals surface area contributed by atoms with E-state index in [1.54, 1.807) is 0 Å². The first-order valence-electron chi connectivity index (χ1n) is 5.35. The summed E-state index contributed by atoms with van der Waals surface area (Å²) in [6.07, 6.45) is 8.00. The van der Waals surface area contributed by atoms with Crippen LogP contribution in [0.4, 0.5) is 19.3 Å². The lowest BCUT2D eigenvalue weighted by molar-refractivity contribution is 0.246. The van der Waals surface area contributed by atoms with E-state index >= 15 is 0 Å². The average molecular weight is 284 g/mol. The molecule has 0 radical (unpaired) electrons. The first-order valence-corrected chi connectivity index (χ1v) is 5.35.